The topological polar surface area (TPSA) is 100 Å². The number of carbonyl (C=O) groups excluding carboxylic acids is 3. The fourth-order valence-corrected chi connectivity index (χ4v) is 4.99. The van der Waals surface area contributed by atoms with Crippen LogP contribution < -0.4 is 10.6 Å². The Labute approximate surface area is 248 Å². The molecule has 0 atom stereocenters. The number of fused-ring (bicyclic) bond motifs is 1. The minimum atomic E-state index is -0.341. The molecule has 0 saturated heterocycles. The summed E-state index contributed by atoms with van der Waals surface area (Å²) < 4.78 is 4.75. The van der Waals surface area contributed by atoms with Crippen LogP contribution in [0.25, 0.3) is 10.9 Å². The number of methoxy groups -OCH3 is 1. The van der Waals surface area contributed by atoms with Crippen LogP contribution in [0.2, 0.25) is 0 Å². The predicted molar refractivity (Wildman–Crippen MR) is 166 cm³/mol. The second-order valence-electron chi connectivity index (χ2n) is 9.90. The largest absolute Gasteiger partial charge is 0.465 e. The molecular formula is C34H30ClN3O4. The molecule has 0 radical (unpaired) electrons. The highest BCUT2D eigenvalue weighted by Gasteiger charge is 2.21. The van der Waals surface area contributed by atoms with Crippen LogP contribution in [-0.4, -0.2) is 29.9 Å². The van der Waals surface area contributed by atoms with Crippen LogP contribution in [0.4, 0.5) is 11.5 Å². The standard InChI is InChI=1S/C34H30ClN3O4/c1-42-34(41)25-16-12-22(13-17-25)6-4-7-23-14-18-27(19-15-23)36-33(40)30-28-10-2-3-11-29(28)37-31(30)38-32(39)26-9-5-8-24(20-26)21-35/h2-3,5,8-20,37H,4,6-7,21H2,1H3,(H,36,40)(H,38,39). The summed E-state index contributed by atoms with van der Waals surface area (Å²) in [4.78, 5) is 41.3. The first kappa shape index (κ1) is 28.6. The highest BCUT2D eigenvalue weighted by Crippen LogP contribution is 2.28. The number of alkyl halides is 1. The maximum absolute atomic E-state index is 13.5. The molecule has 0 aliphatic heterocycles. The number of aryl methyl sites for hydroxylation is 2. The van der Waals surface area contributed by atoms with Crippen LogP contribution in [0.3, 0.4) is 0 Å². The predicted octanol–water partition coefficient (Wildman–Crippen LogP) is 7.37. The number of amides is 2. The van der Waals surface area contributed by atoms with E-state index in [0.29, 0.717) is 39.5 Å². The van der Waals surface area contributed by atoms with Gasteiger partial charge in [-0.15, -0.1) is 11.6 Å². The number of benzene rings is 4. The molecule has 7 nitrogen and oxygen atoms in total. The molecule has 0 aliphatic rings. The Balaban J connectivity index is 1.24. The number of para-hydroxylation sites is 1. The Morgan fingerprint density at radius 2 is 1.43 bits per heavy atom. The smallest absolute Gasteiger partial charge is 0.337 e. The van der Waals surface area contributed by atoms with Gasteiger partial charge >= 0.3 is 5.97 Å². The van der Waals surface area contributed by atoms with Gasteiger partial charge in [0.25, 0.3) is 11.8 Å². The molecule has 0 fully saturated rings. The van der Waals surface area contributed by atoms with Crippen LogP contribution in [0.5, 0.6) is 0 Å². The molecule has 5 aromatic rings. The van der Waals surface area contributed by atoms with Gasteiger partial charge in [-0.3, -0.25) is 9.59 Å². The van der Waals surface area contributed by atoms with Crippen LogP contribution in [-0.2, 0) is 23.5 Å². The van der Waals surface area contributed by atoms with Crippen molar-refractivity contribution in [1.82, 2.24) is 4.98 Å². The lowest BCUT2D eigenvalue weighted by Gasteiger charge is -2.10. The van der Waals surface area contributed by atoms with E-state index in [1.807, 2.05) is 66.7 Å². The van der Waals surface area contributed by atoms with Crippen LogP contribution in [0.1, 0.15) is 54.2 Å². The Morgan fingerprint density at radius 3 is 2.12 bits per heavy atom. The Bertz CT molecular complexity index is 1730. The first-order valence-electron chi connectivity index (χ1n) is 13.6. The number of rotatable bonds is 10. The Hall–Kier alpha value is -4.88. The normalized spacial score (nSPS) is 10.8. The van der Waals surface area contributed by atoms with Crippen molar-refractivity contribution in [3.63, 3.8) is 0 Å². The van der Waals surface area contributed by atoms with Gasteiger partial charge in [-0.25, -0.2) is 4.79 Å². The van der Waals surface area contributed by atoms with Crippen LogP contribution in [0.15, 0.2) is 97.1 Å². The third-order valence-electron chi connectivity index (χ3n) is 7.03. The van der Waals surface area contributed by atoms with Crippen molar-refractivity contribution >= 4 is 51.8 Å². The van der Waals surface area contributed by atoms with Gasteiger partial charge in [-0.1, -0.05) is 54.6 Å². The summed E-state index contributed by atoms with van der Waals surface area (Å²) in [6.45, 7) is 0. The van der Waals surface area contributed by atoms with E-state index >= 15 is 0 Å². The first-order chi connectivity index (χ1) is 20.4. The van der Waals surface area contributed by atoms with E-state index in [2.05, 4.69) is 15.6 Å². The average Bonchev–Trinajstić information content (AvgIpc) is 3.39. The molecule has 212 valence electrons. The molecular weight excluding hydrogens is 550 g/mol. The number of hydrogen-bond donors (Lipinski definition) is 3. The van der Waals surface area contributed by atoms with Crippen LogP contribution in [0, 0.1) is 0 Å². The maximum Gasteiger partial charge on any atom is 0.337 e. The number of carbonyl (C=O) groups is 3. The van der Waals surface area contributed by atoms with Crippen molar-refractivity contribution in [2.75, 3.05) is 17.7 Å². The van der Waals surface area contributed by atoms with Gasteiger partial charge in [0.05, 0.1) is 18.2 Å². The third-order valence-corrected chi connectivity index (χ3v) is 7.34. The zero-order chi connectivity index (χ0) is 29.5. The highest BCUT2D eigenvalue weighted by molar-refractivity contribution is 6.19. The molecule has 0 unspecified atom stereocenters. The second-order valence-corrected chi connectivity index (χ2v) is 10.2. The number of anilines is 2. The van der Waals surface area contributed by atoms with Crippen molar-refractivity contribution in [2.24, 2.45) is 0 Å². The second kappa shape index (κ2) is 13.2. The lowest BCUT2D eigenvalue weighted by atomic mass is 10.0. The van der Waals surface area contributed by atoms with Crippen molar-refractivity contribution in [2.45, 2.75) is 25.1 Å². The summed E-state index contributed by atoms with van der Waals surface area (Å²) in [5.74, 6) is -0.391. The average molecular weight is 580 g/mol. The van der Waals surface area contributed by atoms with E-state index in [0.717, 1.165) is 41.5 Å². The molecule has 1 aromatic heterocycles. The fraction of sp³-hybridized carbons (Fsp3) is 0.147. The molecule has 5 rings (SSSR count). The van der Waals surface area contributed by atoms with E-state index in [1.165, 1.54) is 7.11 Å². The maximum atomic E-state index is 13.5. The fourth-order valence-electron chi connectivity index (χ4n) is 4.82. The van der Waals surface area contributed by atoms with E-state index < -0.39 is 0 Å². The summed E-state index contributed by atoms with van der Waals surface area (Å²) in [6, 6.07) is 29.7. The van der Waals surface area contributed by atoms with E-state index in [-0.39, 0.29) is 17.8 Å². The van der Waals surface area contributed by atoms with Gasteiger partial charge in [0.15, 0.2) is 0 Å². The minimum absolute atomic E-state index is 0.298. The summed E-state index contributed by atoms with van der Waals surface area (Å²) in [6.07, 6.45) is 2.69. The third kappa shape index (κ3) is 6.70. The minimum Gasteiger partial charge on any atom is -0.465 e. The van der Waals surface area contributed by atoms with Gasteiger partial charge in [0, 0.05) is 28.0 Å². The van der Waals surface area contributed by atoms with E-state index in [9.17, 15) is 14.4 Å². The molecule has 0 spiro atoms. The van der Waals surface area contributed by atoms with Gasteiger partial charge in [0.2, 0.25) is 0 Å². The lowest BCUT2D eigenvalue weighted by Crippen LogP contribution is -2.18. The Morgan fingerprint density at radius 1 is 0.738 bits per heavy atom. The summed E-state index contributed by atoms with van der Waals surface area (Å²) >= 11 is 5.93. The number of aromatic nitrogens is 1. The monoisotopic (exact) mass is 579 g/mol. The molecule has 3 N–H and O–H groups in total. The van der Waals surface area contributed by atoms with E-state index in [4.69, 9.17) is 16.3 Å². The lowest BCUT2D eigenvalue weighted by molar-refractivity contribution is 0.0600. The molecule has 2 amide bonds. The number of H-pyrrole nitrogens is 1. The summed E-state index contributed by atoms with van der Waals surface area (Å²) in [5, 5.41) is 6.55. The molecule has 0 bridgehead atoms. The number of ether oxygens (including phenoxy) is 1. The van der Waals surface area contributed by atoms with Gasteiger partial charge in [0.1, 0.15) is 5.82 Å². The van der Waals surface area contributed by atoms with Gasteiger partial charge in [-0.05, 0) is 78.4 Å². The number of halogens is 1. The molecule has 42 heavy (non-hydrogen) atoms. The van der Waals surface area contributed by atoms with Gasteiger partial charge in [-0.2, -0.15) is 0 Å². The van der Waals surface area contributed by atoms with Crippen molar-refractivity contribution < 1.29 is 19.1 Å². The zero-order valence-corrected chi connectivity index (χ0v) is 23.8. The summed E-state index contributed by atoms with van der Waals surface area (Å²) in [5.41, 5.74) is 5.87. The molecule has 4 aromatic carbocycles. The number of nitrogens with one attached hydrogen (secondary N) is 3. The SMILES string of the molecule is COC(=O)c1ccc(CCCc2ccc(NC(=O)c3c(NC(=O)c4cccc(CCl)c4)[nH]c4ccccc34)cc2)cc1. The van der Waals surface area contributed by atoms with E-state index in [1.54, 1.807) is 30.3 Å². The number of esters is 1. The van der Waals surface area contributed by atoms with Crippen molar-refractivity contribution in [3.05, 3.63) is 130 Å². The number of hydrogen-bond acceptors (Lipinski definition) is 4. The molecule has 0 saturated carbocycles. The van der Waals surface area contributed by atoms with Gasteiger partial charge < -0.3 is 20.4 Å². The van der Waals surface area contributed by atoms with Crippen molar-refractivity contribution in [1.29, 1.82) is 0 Å². The molecule has 1 heterocycles. The molecule has 0 aliphatic carbocycles. The number of aromatic amines is 1. The first-order valence-corrected chi connectivity index (χ1v) is 14.1. The zero-order valence-electron chi connectivity index (χ0n) is 23.1. The summed E-state index contributed by atoms with van der Waals surface area (Å²) in [7, 11) is 1.37. The Kier molecular flexibility index (Phi) is 8.99. The van der Waals surface area contributed by atoms with Crippen molar-refractivity contribution in [3.8, 4) is 0 Å². The molecule has 8 heteroatoms. The highest BCUT2D eigenvalue weighted by atomic mass is 35.5. The quantitative estimate of drug-likeness (QED) is 0.119. The van der Waals surface area contributed by atoms with Crippen LogP contribution >= 0.6 is 11.6 Å².